The number of carbonyl (C=O) groups is 2. The molecule has 47 heavy (non-hydrogen) atoms. The number of imidazole rings is 1. The van der Waals surface area contributed by atoms with Crippen LogP contribution in [-0.4, -0.2) is 63.8 Å². The van der Waals surface area contributed by atoms with Crippen LogP contribution in [0, 0.1) is 16.7 Å². The van der Waals surface area contributed by atoms with Crippen molar-refractivity contribution < 1.29 is 19.1 Å². The minimum absolute atomic E-state index is 0.133. The first-order chi connectivity index (χ1) is 22.0. The van der Waals surface area contributed by atoms with E-state index in [1.807, 2.05) is 37.8 Å². The zero-order valence-electron chi connectivity index (χ0n) is 29.5. The molecule has 2 bridgehead atoms. The number of aromatic nitrogens is 3. The number of hydrogen-bond acceptors (Lipinski definition) is 7. The number of pyridine rings is 1. The van der Waals surface area contributed by atoms with Gasteiger partial charge in [-0.1, -0.05) is 39.6 Å². The third-order valence-electron chi connectivity index (χ3n) is 9.52. The lowest BCUT2D eigenvalue weighted by Gasteiger charge is -2.39. The van der Waals surface area contributed by atoms with Crippen LogP contribution < -0.4 is 5.32 Å². The Morgan fingerprint density at radius 3 is 2.43 bits per heavy atom. The second-order valence-electron chi connectivity index (χ2n) is 16.5. The number of nitriles is 1. The van der Waals surface area contributed by atoms with Crippen LogP contribution >= 0.6 is 0 Å². The molecule has 2 aromatic heterocycles. The predicted octanol–water partition coefficient (Wildman–Crippen LogP) is 7.95. The van der Waals surface area contributed by atoms with E-state index >= 15 is 0 Å². The molecule has 2 aliphatic heterocycles. The van der Waals surface area contributed by atoms with Gasteiger partial charge in [0.05, 0.1) is 11.4 Å². The molecule has 3 aliphatic rings. The second-order valence-corrected chi connectivity index (χ2v) is 22.1. The second kappa shape index (κ2) is 13.6. The van der Waals surface area contributed by atoms with E-state index in [0.29, 0.717) is 12.3 Å². The van der Waals surface area contributed by atoms with E-state index < -0.39 is 19.6 Å². The summed E-state index contributed by atoms with van der Waals surface area (Å²) < 4.78 is 13.3. The van der Waals surface area contributed by atoms with E-state index in [1.54, 1.807) is 10.8 Å². The third-order valence-corrected chi connectivity index (χ3v) is 11.2. The highest BCUT2D eigenvalue weighted by Crippen LogP contribution is 2.45. The first-order valence-corrected chi connectivity index (χ1v) is 20.8. The van der Waals surface area contributed by atoms with Crippen molar-refractivity contribution in [1.29, 1.82) is 5.26 Å². The van der Waals surface area contributed by atoms with Crippen molar-refractivity contribution in [2.45, 2.75) is 136 Å². The molecule has 11 heteroatoms. The van der Waals surface area contributed by atoms with Gasteiger partial charge in [0.15, 0.2) is 5.69 Å². The van der Waals surface area contributed by atoms with Crippen LogP contribution in [0.2, 0.25) is 25.7 Å². The van der Waals surface area contributed by atoms with Crippen LogP contribution in [0.15, 0.2) is 24.4 Å². The molecule has 0 saturated carbocycles. The molecule has 4 heterocycles. The highest BCUT2D eigenvalue weighted by molar-refractivity contribution is 6.76. The Morgan fingerprint density at radius 2 is 1.83 bits per heavy atom. The summed E-state index contributed by atoms with van der Waals surface area (Å²) >= 11 is 0. The van der Waals surface area contributed by atoms with Gasteiger partial charge in [0.25, 0.3) is 5.91 Å². The largest absolute Gasteiger partial charge is 0.444 e. The van der Waals surface area contributed by atoms with Gasteiger partial charge < -0.3 is 24.3 Å². The number of piperidine rings is 1. The Bertz CT molecular complexity index is 1550. The van der Waals surface area contributed by atoms with E-state index in [1.165, 1.54) is 0 Å². The number of allylic oxidation sites excluding steroid dienone is 2. The Morgan fingerprint density at radius 1 is 1.13 bits per heavy atom. The molecule has 2 atom stereocenters. The number of ether oxygens (including phenoxy) is 2. The van der Waals surface area contributed by atoms with Gasteiger partial charge in [0.2, 0.25) is 5.82 Å². The fourth-order valence-electron chi connectivity index (χ4n) is 6.84. The first-order valence-electron chi connectivity index (χ1n) is 17.1. The SMILES string of the molecule is CC1(C)CC=C(c2nc(C3CC4CCC(C3)N4C(=O)OC(C)(C)C)ccc2NC(=O)c2nc(C#N)cn2COCC[Si](C)(C)C)CC1. The molecule has 2 unspecified atom stereocenters. The van der Waals surface area contributed by atoms with Gasteiger partial charge in [-0.15, -0.1) is 0 Å². The van der Waals surface area contributed by atoms with Crippen LogP contribution in [-0.2, 0) is 16.2 Å². The van der Waals surface area contributed by atoms with E-state index in [4.69, 9.17) is 14.5 Å². The monoisotopic (exact) mass is 660 g/mol. The van der Waals surface area contributed by atoms with E-state index in [-0.39, 0.29) is 47.8 Å². The number of rotatable bonds is 9. The number of hydrogen-bond donors (Lipinski definition) is 1. The summed E-state index contributed by atoms with van der Waals surface area (Å²) in [7, 11) is -1.27. The molecule has 10 nitrogen and oxygen atoms in total. The summed E-state index contributed by atoms with van der Waals surface area (Å²) in [4.78, 5) is 38.3. The van der Waals surface area contributed by atoms with Crippen molar-refractivity contribution in [1.82, 2.24) is 19.4 Å². The van der Waals surface area contributed by atoms with Crippen LogP contribution in [0.5, 0.6) is 0 Å². The summed E-state index contributed by atoms with van der Waals surface area (Å²) in [5.74, 6) is -0.0633. The number of carbonyl (C=O) groups excluding carboxylic acids is 2. The molecule has 0 radical (unpaired) electrons. The van der Waals surface area contributed by atoms with Gasteiger partial charge in [0.1, 0.15) is 18.4 Å². The molecular formula is C36H52N6O4Si. The molecule has 2 saturated heterocycles. The van der Waals surface area contributed by atoms with E-state index in [0.717, 1.165) is 68.0 Å². The lowest BCUT2D eigenvalue weighted by atomic mass is 9.77. The van der Waals surface area contributed by atoms with Crippen LogP contribution in [0.1, 0.15) is 113 Å². The summed E-state index contributed by atoms with van der Waals surface area (Å²) in [5, 5.41) is 12.6. The normalized spacial score (nSPS) is 22.4. The number of nitrogens with one attached hydrogen (secondary N) is 1. The minimum Gasteiger partial charge on any atom is -0.444 e. The number of amides is 2. The number of nitrogens with zero attached hydrogens (tertiary/aromatic N) is 5. The van der Waals surface area contributed by atoms with Gasteiger partial charge in [0, 0.05) is 44.6 Å². The average Bonchev–Trinajstić information content (AvgIpc) is 3.52. The number of anilines is 1. The smallest absolute Gasteiger partial charge is 0.410 e. The lowest BCUT2D eigenvalue weighted by Crippen LogP contribution is -2.48. The summed E-state index contributed by atoms with van der Waals surface area (Å²) in [6.45, 7) is 17.9. The van der Waals surface area contributed by atoms with Crippen molar-refractivity contribution in [3.8, 4) is 6.07 Å². The summed E-state index contributed by atoms with van der Waals surface area (Å²) in [5.41, 5.74) is 3.40. The molecule has 2 fully saturated rings. The summed E-state index contributed by atoms with van der Waals surface area (Å²) in [6.07, 6.45) is 10.1. The minimum atomic E-state index is -1.27. The maximum atomic E-state index is 13.7. The third kappa shape index (κ3) is 8.71. The molecule has 2 aromatic rings. The van der Waals surface area contributed by atoms with Crippen molar-refractivity contribution in [3.63, 3.8) is 0 Å². The molecular weight excluding hydrogens is 609 g/mol. The molecule has 0 spiro atoms. The van der Waals surface area contributed by atoms with Gasteiger partial charge in [-0.2, -0.15) is 5.26 Å². The Hall–Kier alpha value is -3.49. The lowest BCUT2D eigenvalue weighted by molar-refractivity contribution is 0.00568. The standard InChI is InChI=1S/C36H52N6O4Si/c1-35(2,3)46-34(44)42-27-9-10-28(42)20-25(19-27)29-11-12-30(31(39-29)24-13-15-36(4,5)16-14-24)40-33(43)32-38-26(21-37)22-41(32)23-45-17-18-47(6,7)8/h11-13,22,25,27-28H,9-10,14-20,23H2,1-8H3,(H,40,43). The van der Waals surface area contributed by atoms with Gasteiger partial charge >= 0.3 is 6.09 Å². The van der Waals surface area contributed by atoms with Gasteiger partial charge in [-0.25, -0.2) is 9.78 Å². The molecule has 0 aromatic carbocycles. The highest BCUT2D eigenvalue weighted by Gasteiger charge is 2.45. The maximum Gasteiger partial charge on any atom is 0.410 e. The molecule has 1 N–H and O–H groups in total. The molecule has 2 amide bonds. The Balaban J connectivity index is 1.38. The maximum absolute atomic E-state index is 13.7. The number of fused-ring (bicyclic) bond motifs is 2. The molecule has 5 rings (SSSR count). The quantitative estimate of drug-likeness (QED) is 0.214. The van der Waals surface area contributed by atoms with Crippen LogP contribution in [0.4, 0.5) is 10.5 Å². The van der Waals surface area contributed by atoms with E-state index in [9.17, 15) is 14.9 Å². The average molecular weight is 661 g/mol. The zero-order valence-corrected chi connectivity index (χ0v) is 30.5. The Kier molecular flexibility index (Phi) is 10.0. The highest BCUT2D eigenvalue weighted by atomic mass is 28.3. The Labute approximate surface area is 280 Å². The zero-order chi connectivity index (χ0) is 34.1. The predicted molar refractivity (Wildman–Crippen MR) is 186 cm³/mol. The van der Waals surface area contributed by atoms with E-state index in [2.05, 4.69) is 55.9 Å². The van der Waals surface area contributed by atoms with Gasteiger partial charge in [-0.3, -0.25) is 9.78 Å². The summed E-state index contributed by atoms with van der Waals surface area (Å²) in [6, 6.07) is 7.30. The van der Waals surface area contributed by atoms with Crippen molar-refractivity contribution in [2.24, 2.45) is 5.41 Å². The van der Waals surface area contributed by atoms with Crippen LogP contribution in [0.25, 0.3) is 5.57 Å². The fraction of sp³-hybridized carbons (Fsp3) is 0.639. The topological polar surface area (TPSA) is 122 Å². The van der Waals surface area contributed by atoms with Crippen molar-refractivity contribution >= 4 is 31.3 Å². The van der Waals surface area contributed by atoms with Crippen molar-refractivity contribution in [3.05, 3.63) is 47.3 Å². The molecule has 1 aliphatic carbocycles. The van der Waals surface area contributed by atoms with Gasteiger partial charge in [-0.05, 0) is 94.9 Å². The fourth-order valence-corrected chi connectivity index (χ4v) is 7.60. The van der Waals surface area contributed by atoms with Crippen LogP contribution in [0.3, 0.4) is 0 Å². The molecule has 254 valence electrons. The van der Waals surface area contributed by atoms with Crippen molar-refractivity contribution in [2.75, 3.05) is 11.9 Å². The first kappa shape index (κ1) is 34.8.